The average Bonchev–Trinajstić information content (AvgIpc) is 3.13. The molecule has 1 aromatic heterocycles. The number of methoxy groups -OCH3 is 1. The predicted molar refractivity (Wildman–Crippen MR) is 119 cm³/mol. The molecule has 156 valence electrons. The Morgan fingerprint density at radius 3 is 2.83 bits per heavy atom. The van der Waals surface area contributed by atoms with E-state index in [2.05, 4.69) is 27.9 Å². The lowest BCUT2D eigenvalue weighted by Gasteiger charge is -2.33. The third kappa shape index (κ3) is 3.85. The number of aryl methyl sites for hydroxylation is 2. The Bertz CT molecular complexity index is 1090. The molecule has 30 heavy (non-hydrogen) atoms. The maximum atomic E-state index is 13.4. The number of nitrogens with one attached hydrogen (secondary N) is 2. The zero-order valence-electron chi connectivity index (χ0n) is 16.8. The summed E-state index contributed by atoms with van der Waals surface area (Å²) in [4.78, 5) is 13.4. The van der Waals surface area contributed by atoms with E-state index in [1.165, 1.54) is 11.8 Å². The Morgan fingerprint density at radius 1 is 1.30 bits per heavy atom. The van der Waals surface area contributed by atoms with Crippen molar-refractivity contribution in [2.75, 3.05) is 17.9 Å². The van der Waals surface area contributed by atoms with Gasteiger partial charge in [-0.15, -0.1) is 10.2 Å². The Hall–Kier alpha value is -2.71. The van der Waals surface area contributed by atoms with Crippen molar-refractivity contribution >= 4 is 35.0 Å². The van der Waals surface area contributed by atoms with Gasteiger partial charge >= 0.3 is 0 Å². The van der Waals surface area contributed by atoms with Gasteiger partial charge in [0.2, 0.25) is 11.1 Å². The van der Waals surface area contributed by atoms with Crippen molar-refractivity contribution in [2.24, 2.45) is 0 Å². The number of nitrogens with zero attached hydrogens (tertiary/aromatic N) is 3. The fraction of sp³-hybridized carbons (Fsp3) is 0.286. The van der Waals surface area contributed by atoms with Crippen LogP contribution in [0.4, 0.5) is 5.69 Å². The van der Waals surface area contributed by atoms with Crippen LogP contribution >= 0.6 is 23.4 Å². The van der Waals surface area contributed by atoms with Crippen LogP contribution in [-0.4, -0.2) is 33.1 Å². The number of benzene rings is 2. The molecule has 0 saturated carbocycles. The fourth-order valence-corrected chi connectivity index (χ4v) is 4.83. The van der Waals surface area contributed by atoms with Crippen LogP contribution in [0.3, 0.4) is 0 Å². The first-order valence-electron chi connectivity index (χ1n) is 9.59. The number of amides is 1. The van der Waals surface area contributed by atoms with E-state index < -0.39 is 5.25 Å². The molecule has 7 nitrogen and oxygen atoms in total. The Labute approximate surface area is 184 Å². The predicted octanol–water partition coefficient (Wildman–Crippen LogP) is 4.21. The summed E-state index contributed by atoms with van der Waals surface area (Å²) in [5, 5.41) is 12.1. The van der Waals surface area contributed by atoms with Gasteiger partial charge in [0.1, 0.15) is 16.8 Å². The van der Waals surface area contributed by atoms with E-state index in [0.29, 0.717) is 15.9 Å². The summed E-state index contributed by atoms with van der Waals surface area (Å²) in [7, 11) is 1.57. The van der Waals surface area contributed by atoms with Gasteiger partial charge in [0.25, 0.3) is 0 Å². The molecule has 2 heterocycles. The highest BCUT2D eigenvalue weighted by atomic mass is 35.5. The number of ether oxygens (including phenoxy) is 1. The zero-order chi connectivity index (χ0) is 21.3. The number of anilines is 1. The van der Waals surface area contributed by atoms with E-state index in [0.717, 1.165) is 29.1 Å². The van der Waals surface area contributed by atoms with E-state index in [1.54, 1.807) is 17.9 Å². The van der Waals surface area contributed by atoms with Gasteiger partial charge < -0.3 is 15.5 Å². The first kappa shape index (κ1) is 20.6. The standard InChI is InChI=1S/C21H22ClN5O2S/c1-4-13-7-5-6-8-16(13)23-20(28)19-18(14-9-10-17(29-3)15(22)11-14)26-27-12(2)24-25-21(27)30-19/h5-11,18-19,26H,4H2,1-3H3,(H,23,28)/t18-,19+/m1/s1. The molecule has 0 fully saturated rings. The quantitative estimate of drug-likeness (QED) is 0.614. The second-order valence-corrected chi connectivity index (χ2v) is 8.42. The van der Waals surface area contributed by atoms with Crippen LogP contribution in [0.5, 0.6) is 5.75 Å². The molecule has 4 rings (SSSR count). The summed E-state index contributed by atoms with van der Waals surface area (Å²) in [6.07, 6.45) is 0.831. The molecule has 1 amide bonds. The van der Waals surface area contributed by atoms with Gasteiger partial charge in [0.05, 0.1) is 18.2 Å². The molecule has 1 aliphatic rings. The smallest absolute Gasteiger partial charge is 0.240 e. The number of hydrogen-bond donors (Lipinski definition) is 2. The molecule has 1 aliphatic heterocycles. The van der Waals surface area contributed by atoms with Crippen molar-refractivity contribution in [1.82, 2.24) is 14.9 Å². The Balaban J connectivity index is 1.69. The summed E-state index contributed by atoms with van der Waals surface area (Å²) in [6, 6.07) is 13.0. The Kier molecular flexibility index (Phi) is 5.87. The number of carbonyl (C=O) groups is 1. The highest BCUT2D eigenvalue weighted by molar-refractivity contribution is 8.00. The molecule has 9 heteroatoms. The molecule has 0 radical (unpaired) electrons. The van der Waals surface area contributed by atoms with Crippen molar-refractivity contribution in [2.45, 2.75) is 36.7 Å². The number of para-hydroxylation sites is 1. The molecule has 0 saturated heterocycles. The Morgan fingerprint density at radius 2 is 2.10 bits per heavy atom. The molecular formula is C21H22ClN5O2S. The van der Waals surface area contributed by atoms with Crippen LogP contribution < -0.4 is 15.5 Å². The van der Waals surface area contributed by atoms with E-state index >= 15 is 0 Å². The molecule has 2 aromatic carbocycles. The van der Waals surface area contributed by atoms with Crippen molar-refractivity contribution in [3.63, 3.8) is 0 Å². The first-order chi connectivity index (χ1) is 14.5. The van der Waals surface area contributed by atoms with E-state index in [9.17, 15) is 4.79 Å². The third-order valence-corrected chi connectivity index (χ3v) is 6.56. The van der Waals surface area contributed by atoms with Crippen molar-refractivity contribution in [3.8, 4) is 5.75 Å². The first-order valence-corrected chi connectivity index (χ1v) is 10.8. The number of halogens is 1. The van der Waals surface area contributed by atoms with Gasteiger partial charge in [0, 0.05) is 5.69 Å². The molecule has 2 N–H and O–H groups in total. The lowest BCUT2D eigenvalue weighted by Crippen LogP contribution is -2.41. The van der Waals surface area contributed by atoms with Gasteiger partial charge in [-0.25, -0.2) is 4.68 Å². The summed E-state index contributed by atoms with van der Waals surface area (Å²) in [5.41, 5.74) is 6.16. The third-order valence-electron chi connectivity index (χ3n) is 5.05. The highest BCUT2D eigenvalue weighted by Crippen LogP contribution is 2.39. The number of fused-ring (bicyclic) bond motifs is 1. The molecule has 0 aliphatic carbocycles. The van der Waals surface area contributed by atoms with E-state index in [4.69, 9.17) is 16.3 Å². The van der Waals surface area contributed by atoms with Crippen LogP contribution in [0.1, 0.15) is 29.9 Å². The number of hydrogen-bond acceptors (Lipinski definition) is 6. The van der Waals surface area contributed by atoms with Crippen molar-refractivity contribution in [3.05, 3.63) is 64.4 Å². The van der Waals surface area contributed by atoms with Crippen LogP contribution in [0.15, 0.2) is 47.6 Å². The average molecular weight is 444 g/mol. The highest BCUT2D eigenvalue weighted by Gasteiger charge is 2.37. The van der Waals surface area contributed by atoms with Crippen LogP contribution in [0.2, 0.25) is 5.02 Å². The molecule has 2 atom stereocenters. The van der Waals surface area contributed by atoms with Crippen LogP contribution in [0, 0.1) is 6.92 Å². The molecule has 0 unspecified atom stereocenters. The topological polar surface area (TPSA) is 81.1 Å². The largest absolute Gasteiger partial charge is 0.495 e. The monoisotopic (exact) mass is 443 g/mol. The summed E-state index contributed by atoms with van der Waals surface area (Å²) < 4.78 is 7.07. The minimum Gasteiger partial charge on any atom is -0.495 e. The van der Waals surface area contributed by atoms with Crippen molar-refractivity contribution < 1.29 is 9.53 Å². The minimum atomic E-state index is -0.476. The van der Waals surface area contributed by atoms with Gasteiger partial charge in [-0.3, -0.25) is 4.79 Å². The molecule has 0 bridgehead atoms. The molecule has 0 spiro atoms. The summed E-state index contributed by atoms with van der Waals surface area (Å²) in [6.45, 7) is 3.93. The summed E-state index contributed by atoms with van der Waals surface area (Å²) >= 11 is 7.74. The molecule has 3 aromatic rings. The number of carbonyl (C=O) groups excluding carboxylic acids is 1. The normalized spacial score (nSPS) is 17.7. The van der Waals surface area contributed by atoms with Crippen LogP contribution in [-0.2, 0) is 11.2 Å². The number of rotatable bonds is 5. The molecular weight excluding hydrogens is 422 g/mol. The van der Waals surface area contributed by atoms with Gasteiger partial charge in [-0.2, -0.15) is 0 Å². The van der Waals surface area contributed by atoms with Gasteiger partial charge in [-0.05, 0) is 42.7 Å². The lowest BCUT2D eigenvalue weighted by atomic mass is 10.0. The second-order valence-electron chi connectivity index (χ2n) is 6.90. The second kappa shape index (κ2) is 8.57. The maximum Gasteiger partial charge on any atom is 0.240 e. The number of aromatic nitrogens is 3. The maximum absolute atomic E-state index is 13.4. The van der Waals surface area contributed by atoms with Gasteiger partial charge in [-0.1, -0.05) is 54.6 Å². The van der Waals surface area contributed by atoms with E-state index in [1.807, 2.05) is 43.3 Å². The lowest BCUT2D eigenvalue weighted by molar-refractivity contribution is -0.116. The van der Waals surface area contributed by atoms with E-state index in [-0.39, 0.29) is 11.9 Å². The van der Waals surface area contributed by atoms with Gasteiger partial charge in [0.15, 0.2) is 0 Å². The number of thioether (sulfide) groups is 1. The minimum absolute atomic E-state index is 0.114. The SMILES string of the molecule is CCc1ccccc1NC(=O)[C@H]1Sc2nnc(C)n2N[C@@H]1c1ccc(OC)c(Cl)c1. The van der Waals surface area contributed by atoms with Crippen molar-refractivity contribution in [1.29, 1.82) is 0 Å². The zero-order valence-corrected chi connectivity index (χ0v) is 18.4. The summed E-state index contributed by atoms with van der Waals surface area (Å²) in [5.74, 6) is 1.19. The fourth-order valence-electron chi connectivity index (χ4n) is 3.44. The van der Waals surface area contributed by atoms with Crippen LogP contribution in [0.25, 0.3) is 0 Å².